The van der Waals surface area contributed by atoms with Crippen LogP contribution in [-0.2, 0) is 6.18 Å². The molecule has 2 aromatic heterocycles. The van der Waals surface area contributed by atoms with Crippen molar-refractivity contribution >= 4 is 5.82 Å². The minimum absolute atomic E-state index is 0.286. The third-order valence-corrected chi connectivity index (χ3v) is 3.61. The molecule has 1 N–H and O–H groups in total. The lowest BCUT2D eigenvalue weighted by Gasteiger charge is -2.28. The highest BCUT2D eigenvalue weighted by Gasteiger charge is 2.30. The molecule has 3 rings (SSSR count). The zero-order valence-electron chi connectivity index (χ0n) is 12.8. The third kappa shape index (κ3) is 4.03. The largest absolute Gasteiger partial charge is 0.417 e. The second-order valence-electron chi connectivity index (χ2n) is 5.32. The van der Waals surface area contributed by atoms with Crippen molar-refractivity contribution in [2.75, 3.05) is 31.1 Å². The summed E-state index contributed by atoms with van der Waals surface area (Å²) in [5.41, 5.74) is 0.194. The van der Waals surface area contributed by atoms with Crippen LogP contribution in [0.1, 0.15) is 16.8 Å². The van der Waals surface area contributed by atoms with Crippen LogP contribution in [0.2, 0.25) is 0 Å². The van der Waals surface area contributed by atoms with Crippen molar-refractivity contribution in [3.63, 3.8) is 0 Å². The smallest absolute Gasteiger partial charge is 0.354 e. The maximum absolute atomic E-state index is 12.5. The molecule has 24 heavy (non-hydrogen) atoms. The van der Waals surface area contributed by atoms with Gasteiger partial charge in [0.25, 0.3) is 0 Å². The molecule has 0 unspecified atom stereocenters. The Bertz CT molecular complexity index is 737. The standard InChI is InChI=1S/C17H15F3N4/c18-17(19,20)14-3-5-15(22-12-14)4-1-13-2-6-16(23-11-13)24-9-7-21-8-10-24/h2-3,5-6,11-12,21H,7-10H2. The van der Waals surface area contributed by atoms with Crippen molar-refractivity contribution < 1.29 is 13.2 Å². The van der Waals surface area contributed by atoms with Crippen LogP contribution in [0.5, 0.6) is 0 Å². The quantitative estimate of drug-likeness (QED) is 0.814. The summed E-state index contributed by atoms with van der Waals surface area (Å²) in [6.45, 7) is 3.69. The summed E-state index contributed by atoms with van der Waals surface area (Å²) in [5.74, 6) is 6.51. The van der Waals surface area contributed by atoms with Gasteiger partial charge in [0, 0.05) is 44.1 Å². The molecule has 0 saturated carbocycles. The Morgan fingerprint density at radius 2 is 1.75 bits per heavy atom. The number of piperazine rings is 1. The summed E-state index contributed by atoms with van der Waals surface area (Å²) in [5, 5.41) is 3.28. The van der Waals surface area contributed by atoms with Crippen molar-refractivity contribution in [3.8, 4) is 11.8 Å². The maximum Gasteiger partial charge on any atom is 0.417 e. The Labute approximate surface area is 137 Å². The van der Waals surface area contributed by atoms with E-state index in [9.17, 15) is 13.2 Å². The van der Waals surface area contributed by atoms with E-state index in [0.717, 1.165) is 44.3 Å². The van der Waals surface area contributed by atoms with Crippen molar-refractivity contribution in [1.82, 2.24) is 15.3 Å². The van der Waals surface area contributed by atoms with Gasteiger partial charge in [0.05, 0.1) is 5.56 Å². The number of nitrogens with zero attached hydrogens (tertiary/aromatic N) is 3. The predicted molar refractivity (Wildman–Crippen MR) is 84.5 cm³/mol. The first-order valence-corrected chi connectivity index (χ1v) is 7.49. The number of nitrogens with one attached hydrogen (secondary N) is 1. The number of alkyl halides is 3. The fourth-order valence-corrected chi connectivity index (χ4v) is 2.31. The molecule has 0 bridgehead atoms. The lowest BCUT2D eigenvalue weighted by Crippen LogP contribution is -2.43. The zero-order valence-corrected chi connectivity index (χ0v) is 12.8. The molecule has 1 aliphatic rings. The number of hydrogen-bond acceptors (Lipinski definition) is 4. The Balaban J connectivity index is 1.69. The van der Waals surface area contributed by atoms with Gasteiger partial charge in [-0.2, -0.15) is 13.2 Å². The van der Waals surface area contributed by atoms with Crippen LogP contribution in [0.25, 0.3) is 0 Å². The fraction of sp³-hybridized carbons (Fsp3) is 0.294. The molecule has 0 aliphatic carbocycles. The Hall–Kier alpha value is -2.59. The van der Waals surface area contributed by atoms with Crippen molar-refractivity contribution in [3.05, 3.63) is 53.5 Å². The van der Waals surface area contributed by atoms with Crippen molar-refractivity contribution in [2.45, 2.75) is 6.18 Å². The summed E-state index contributed by atoms with van der Waals surface area (Å²) in [6, 6.07) is 5.98. The Morgan fingerprint density at radius 1 is 0.958 bits per heavy atom. The Morgan fingerprint density at radius 3 is 2.33 bits per heavy atom. The minimum atomic E-state index is -4.39. The average molecular weight is 332 g/mol. The van der Waals surface area contributed by atoms with Crippen LogP contribution in [0.4, 0.5) is 19.0 Å². The van der Waals surface area contributed by atoms with Gasteiger partial charge in [-0.15, -0.1) is 0 Å². The molecule has 0 amide bonds. The van der Waals surface area contributed by atoms with Gasteiger partial charge < -0.3 is 10.2 Å². The number of rotatable bonds is 1. The van der Waals surface area contributed by atoms with E-state index >= 15 is 0 Å². The van der Waals surface area contributed by atoms with Gasteiger partial charge in [0.2, 0.25) is 0 Å². The molecule has 0 radical (unpaired) electrons. The van der Waals surface area contributed by atoms with E-state index in [0.29, 0.717) is 5.56 Å². The van der Waals surface area contributed by atoms with Gasteiger partial charge >= 0.3 is 6.18 Å². The van der Waals surface area contributed by atoms with Crippen molar-refractivity contribution in [2.24, 2.45) is 0 Å². The molecular weight excluding hydrogens is 317 g/mol. The molecule has 0 atom stereocenters. The van der Waals surface area contributed by atoms with E-state index in [4.69, 9.17) is 0 Å². The number of hydrogen-bond donors (Lipinski definition) is 1. The molecule has 124 valence electrons. The predicted octanol–water partition coefficient (Wildman–Crippen LogP) is 2.30. The zero-order chi connectivity index (χ0) is 17.0. The lowest BCUT2D eigenvalue weighted by molar-refractivity contribution is -0.137. The van der Waals surface area contributed by atoms with Crippen LogP contribution in [0.3, 0.4) is 0 Å². The van der Waals surface area contributed by atoms with Crippen molar-refractivity contribution in [1.29, 1.82) is 0 Å². The van der Waals surface area contributed by atoms with Crippen LogP contribution in [-0.4, -0.2) is 36.1 Å². The summed E-state index contributed by atoms with van der Waals surface area (Å²) in [6.07, 6.45) is -1.94. The third-order valence-electron chi connectivity index (χ3n) is 3.61. The minimum Gasteiger partial charge on any atom is -0.354 e. The fourth-order valence-electron chi connectivity index (χ4n) is 2.31. The first-order chi connectivity index (χ1) is 11.5. The number of halogens is 3. The molecule has 1 fully saturated rings. The lowest BCUT2D eigenvalue weighted by atomic mass is 10.2. The number of pyridine rings is 2. The summed E-state index contributed by atoms with van der Waals surface area (Å²) >= 11 is 0. The topological polar surface area (TPSA) is 41.0 Å². The van der Waals surface area contributed by atoms with Crippen LogP contribution < -0.4 is 10.2 Å². The van der Waals surface area contributed by atoms with E-state index in [1.165, 1.54) is 6.07 Å². The molecule has 3 heterocycles. The molecule has 7 heteroatoms. The molecule has 2 aromatic rings. The van der Waals surface area contributed by atoms with E-state index < -0.39 is 11.7 Å². The van der Waals surface area contributed by atoms with Gasteiger partial charge in [-0.3, -0.25) is 0 Å². The monoisotopic (exact) mass is 332 g/mol. The van der Waals surface area contributed by atoms with Gasteiger partial charge in [-0.05, 0) is 30.2 Å². The van der Waals surface area contributed by atoms with E-state index in [1.807, 2.05) is 12.1 Å². The van der Waals surface area contributed by atoms with Gasteiger partial charge in [-0.25, -0.2) is 9.97 Å². The maximum atomic E-state index is 12.5. The SMILES string of the molecule is FC(F)(F)c1ccc(C#Cc2ccc(N3CCNCC3)nc2)nc1. The molecule has 0 spiro atoms. The van der Waals surface area contributed by atoms with Gasteiger partial charge in [0.1, 0.15) is 11.5 Å². The van der Waals surface area contributed by atoms with E-state index in [2.05, 4.69) is 32.0 Å². The second kappa shape index (κ2) is 6.89. The average Bonchev–Trinajstić information content (AvgIpc) is 2.61. The normalized spacial score (nSPS) is 14.9. The molecular formula is C17H15F3N4. The van der Waals surface area contributed by atoms with Gasteiger partial charge in [0.15, 0.2) is 0 Å². The van der Waals surface area contributed by atoms with E-state index in [1.54, 1.807) is 6.20 Å². The summed E-state index contributed by atoms with van der Waals surface area (Å²) in [4.78, 5) is 10.3. The van der Waals surface area contributed by atoms with Crippen LogP contribution in [0, 0.1) is 11.8 Å². The highest BCUT2D eigenvalue weighted by atomic mass is 19.4. The molecule has 0 aromatic carbocycles. The molecule has 1 saturated heterocycles. The molecule has 1 aliphatic heterocycles. The summed E-state index contributed by atoms with van der Waals surface area (Å²) in [7, 11) is 0. The first kappa shape index (κ1) is 16.3. The first-order valence-electron chi connectivity index (χ1n) is 7.49. The van der Waals surface area contributed by atoms with Gasteiger partial charge in [-0.1, -0.05) is 5.92 Å². The second-order valence-corrected chi connectivity index (χ2v) is 5.32. The highest BCUT2D eigenvalue weighted by Crippen LogP contribution is 2.28. The summed E-state index contributed by atoms with van der Waals surface area (Å²) < 4.78 is 37.4. The number of aromatic nitrogens is 2. The molecule has 4 nitrogen and oxygen atoms in total. The number of anilines is 1. The van der Waals surface area contributed by atoms with Crippen LogP contribution >= 0.6 is 0 Å². The van der Waals surface area contributed by atoms with Crippen LogP contribution in [0.15, 0.2) is 36.7 Å². The van der Waals surface area contributed by atoms with E-state index in [-0.39, 0.29) is 5.69 Å². The highest BCUT2D eigenvalue weighted by molar-refractivity contribution is 5.45. The Kier molecular flexibility index (Phi) is 4.67.